The van der Waals surface area contributed by atoms with Gasteiger partial charge in [0.2, 0.25) is 0 Å². The van der Waals surface area contributed by atoms with Gasteiger partial charge in [0.1, 0.15) is 36.1 Å². The third-order valence-electron chi connectivity index (χ3n) is 3.38. The zero-order valence-electron chi connectivity index (χ0n) is 10.2. The molecule has 1 fully saturated rings. The molecule has 108 valence electrons. The van der Waals surface area contributed by atoms with Gasteiger partial charge in [-0.15, -0.1) is 0 Å². The Bertz CT molecular complexity index is 649. The quantitative estimate of drug-likeness (QED) is 0.495. The second-order valence-corrected chi connectivity index (χ2v) is 5.73. The molecular formula is C11H13IN4O4. The van der Waals surface area contributed by atoms with E-state index < -0.39 is 24.5 Å². The molecule has 2 aromatic rings. The zero-order valence-corrected chi connectivity index (χ0v) is 12.4. The van der Waals surface area contributed by atoms with Gasteiger partial charge >= 0.3 is 0 Å². The summed E-state index contributed by atoms with van der Waals surface area (Å²) in [6, 6.07) is 0. The number of anilines is 1. The van der Waals surface area contributed by atoms with Crippen molar-refractivity contribution >= 4 is 39.4 Å². The molecule has 0 aliphatic carbocycles. The summed E-state index contributed by atoms with van der Waals surface area (Å²) >= 11 is 2.09. The van der Waals surface area contributed by atoms with Crippen molar-refractivity contribution in [3.8, 4) is 0 Å². The van der Waals surface area contributed by atoms with Crippen LogP contribution in [0, 0.1) is 3.57 Å². The topological polar surface area (TPSA) is 127 Å². The van der Waals surface area contributed by atoms with Gasteiger partial charge in [0.05, 0.1) is 12.0 Å². The maximum absolute atomic E-state index is 10.1. The first-order chi connectivity index (χ1) is 9.54. The van der Waals surface area contributed by atoms with E-state index in [0.29, 0.717) is 16.9 Å². The molecule has 1 aliphatic heterocycles. The number of aliphatic hydroxyl groups excluding tert-OH is 3. The van der Waals surface area contributed by atoms with E-state index in [1.54, 1.807) is 10.8 Å². The smallest absolute Gasteiger partial charge is 0.164 e. The molecule has 5 N–H and O–H groups in total. The third kappa shape index (κ3) is 1.97. The van der Waals surface area contributed by atoms with E-state index in [4.69, 9.17) is 15.6 Å². The van der Waals surface area contributed by atoms with Crippen LogP contribution in [0.5, 0.6) is 0 Å². The van der Waals surface area contributed by atoms with Gasteiger partial charge in [0.15, 0.2) is 6.23 Å². The first kappa shape index (κ1) is 13.9. The number of aromatic nitrogens is 3. The Labute approximate surface area is 127 Å². The molecule has 0 amide bonds. The Morgan fingerprint density at radius 2 is 2.10 bits per heavy atom. The maximum atomic E-state index is 10.1. The van der Waals surface area contributed by atoms with Crippen molar-refractivity contribution < 1.29 is 20.1 Å². The molecule has 2 aromatic heterocycles. The van der Waals surface area contributed by atoms with E-state index in [1.807, 2.05) is 0 Å². The third-order valence-corrected chi connectivity index (χ3v) is 4.20. The van der Waals surface area contributed by atoms with E-state index >= 15 is 0 Å². The van der Waals surface area contributed by atoms with Gasteiger partial charge in [-0.1, -0.05) is 0 Å². The van der Waals surface area contributed by atoms with E-state index in [-0.39, 0.29) is 6.61 Å². The van der Waals surface area contributed by atoms with Crippen LogP contribution in [-0.4, -0.2) is 54.8 Å². The molecule has 1 aliphatic rings. The van der Waals surface area contributed by atoms with Crippen LogP contribution in [-0.2, 0) is 4.74 Å². The highest BCUT2D eigenvalue weighted by molar-refractivity contribution is 14.1. The summed E-state index contributed by atoms with van der Waals surface area (Å²) in [5, 5.41) is 29.7. The summed E-state index contributed by atoms with van der Waals surface area (Å²) in [6.45, 7) is -0.373. The second kappa shape index (κ2) is 5.07. The lowest BCUT2D eigenvalue weighted by Crippen LogP contribution is -2.33. The Morgan fingerprint density at radius 1 is 1.35 bits per heavy atom. The van der Waals surface area contributed by atoms with Gasteiger partial charge < -0.3 is 30.4 Å². The number of hydrogen-bond acceptors (Lipinski definition) is 7. The molecule has 9 heteroatoms. The van der Waals surface area contributed by atoms with Gasteiger partial charge in [-0.2, -0.15) is 0 Å². The minimum absolute atomic E-state index is 0.338. The van der Waals surface area contributed by atoms with Crippen LogP contribution >= 0.6 is 22.6 Å². The summed E-state index contributed by atoms with van der Waals surface area (Å²) < 4.78 is 7.90. The summed E-state index contributed by atoms with van der Waals surface area (Å²) in [4.78, 5) is 8.08. The van der Waals surface area contributed by atoms with Crippen molar-refractivity contribution in [1.82, 2.24) is 14.5 Å². The van der Waals surface area contributed by atoms with Crippen LogP contribution in [0.3, 0.4) is 0 Å². The Balaban J connectivity index is 2.10. The highest BCUT2D eigenvalue weighted by Gasteiger charge is 2.44. The van der Waals surface area contributed by atoms with E-state index in [9.17, 15) is 10.2 Å². The molecule has 3 heterocycles. The highest BCUT2D eigenvalue weighted by atomic mass is 127. The van der Waals surface area contributed by atoms with Crippen LogP contribution in [0.25, 0.3) is 11.0 Å². The fourth-order valence-electron chi connectivity index (χ4n) is 2.37. The van der Waals surface area contributed by atoms with Crippen molar-refractivity contribution in [2.45, 2.75) is 24.5 Å². The predicted octanol–water partition coefficient (Wildman–Crippen LogP) is -0.770. The first-order valence-electron chi connectivity index (χ1n) is 5.93. The molecule has 20 heavy (non-hydrogen) atoms. The number of ether oxygens (including phenoxy) is 1. The molecular weight excluding hydrogens is 379 g/mol. The number of nitrogens with two attached hydrogens (primary N) is 1. The number of aliphatic hydroxyl groups is 3. The molecule has 0 aromatic carbocycles. The molecule has 4 atom stereocenters. The summed E-state index contributed by atoms with van der Waals surface area (Å²) in [5.74, 6) is 0.338. The molecule has 0 bridgehead atoms. The van der Waals surface area contributed by atoms with Crippen molar-refractivity contribution in [1.29, 1.82) is 0 Å². The highest BCUT2D eigenvalue weighted by Crippen LogP contribution is 2.34. The lowest BCUT2D eigenvalue weighted by Gasteiger charge is -2.17. The standard InChI is InChI=1S/C11H13IN4O4/c12-4-1-16(10-6(4)9(13)14-3-15-10)11-8(19)7(18)5(2-17)20-11/h1,3,5,7-8,11,17-19H,2H2,(H2,13,14,15)/t5-,7+,8+,11+/m1/s1. The fourth-order valence-corrected chi connectivity index (χ4v) is 3.18. The Hall–Kier alpha value is -1.01. The fraction of sp³-hybridized carbons (Fsp3) is 0.455. The van der Waals surface area contributed by atoms with Crippen LogP contribution < -0.4 is 5.73 Å². The molecule has 1 saturated heterocycles. The number of nitrogen functional groups attached to an aromatic ring is 1. The van der Waals surface area contributed by atoms with E-state index in [2.05, 4.69) is 32.6 Å². The molecule has 0 spiro atoms. The van der Waals surface area contributed by atoms with Gasteiger partial charge in [-0.3, -0.25) is 0 Å². The monoisotopic (exact) mass is 392 g/mol. The Morgan fingerprint density at radius 3 is 2.75 bits per heavy atom. The second-order valence-electron chi connectivity index (χ2n) is 4.57. The zero-order chi connectivity index (χ0) is 14.4. The van der Waals surface area contributed by atoms with Gasteiger partial charge in [-0.25, -0.2) is 9.97 Å². The van der Waals surface area contributed by atoms with E-state index in [0.717, 1.165) is 3.57 Å². The summed E-state index contributed by atoms with van der Waals surface area (Å²) in [5.41, 5.74) is 6.33. The summed E-state index contributed by atoms with van der Waals surface area (Å²) in [6.07, 6.45) is -0.928. The lowest BCUT2D eigenvalue weighted by atomic mass is 10.1. The van der Waals surface area contributed by atoms with Gasteiger partial charge in [0, 0.05) is 9.77 Å². The minimum Gasteiger partial charge on any atom is -0.394 e. The number of halogens is 1. The van der Waals surface area contributed by atoms with Crippen molar-refractivity contribution in [3.05, 3.63) is 16.1 Å². The van der Waals surface area contributed by atoms with Crippen molar-refractivity contribution in [2.75, 3.05) is 12.3 Å². The van der Waals surface area contributed by atoms with E-state index in [1.165, 1.54) is 6.33 Å². The minimum atomic E-state index is -1.16. The SMILES string of the molecule is Nc1ncnc2c1c(I)cn2[C@H]1O[C@H](CO)[C@H](O)[C@@H]1O. The molecule has 0 saturated carbocycles. The molecule has 0 radical (unpaired) electrons. The molecule has 3 rings (SSSR count). The Kier molecular flexibility index (Phi) is 3.54. The average Bonchev–Trinajstić information content (AvgIpc) is 2.90. The molecule has 0 unspecified atom stereocenters. The number of fused-ring (bicyclic) bond motifs is 1. The number of hydrogen-bond donors (Lipinski definition) is 4. The maximum Gasteiger partial charge on any atom is 0.164 e. The van der Waals surface area contributed by atoms with Crippen LogP contribution in [0.2, 0.25) is 0 Å². The lowest BCUT2D eigenvalue weighted by molar-refractivity contribution is -0.0509. The molecule has 8 nitrogen and oxygen atoms in total. The average molecular weight is 392 g/mol. The van der Waals surface area contributed by atoms with Crippen LogP contribution in [0.15, 0.2) is 12.5 Å². The normalized spacial score (nSPS) is 30.2. The largest absolute Gasteiger partial charge is 0.394 e. The van der Waals surface area contributed by atoms with Gasteiger partial charge in [0.25, 0.3) is 0 Å². The van der Waals surface area contributed by atoms with Crippen LogP contribution in [0.4, 0.5) is 5.82 Å². The number of rotatable bonds is 2. The number of nitrogens with zero attached hydrogens (tertiary/aromatic N) is 3. The van der Waals surface area contributed by atoms with Crippen molar-refractivity contribution in [2.24, 2.45) is 0 Å². The predicted molar refractivity (Wildman–Crippen MR) is 77.7 cm³/mol. The van der Waals surface area contributed by atoms with Gasteiger partial charge in [-0.05, 0) is 22.6 Å². The summed E-state index contributed by atoms with van der Waals surface area (Å²) in [7, 11) is 0. The van der Waals surface area contributed by atoms with Crippen LogP contribution in [0.1, 0.15) is 6.23 Å². The van der Waals surface area contributed by atoms with Crippen molar-refractivity contribution in [3.63, 3.8) is 0 Å². The first-order valence-corrected chi connectivity index (χ1v) is 7.01.